The van der Waals surface area contributed by atoms with Gasteiger partial charge in [-0.1, -0.05) is 11.6 Å². The summed E-state index contributed by atoms with van der Waals surface area (Å²) in [6.45, 7) is 2.60. The molecule has 2 aromatic rings. The van der Waals surface area contributed by atoms with Crippen LogP contribution in [0.25, 0.3) is 5.65 Å². The van der Waals surface area contributed by atoms with Crippen molar-refractivity contribution >= 4 is 23.2 Å². The Morgan fingerprint density at radius 2 is 2.29 bits per heavy atom. The molecule has 1 fully saturated rings. The third kappa shape index (κ3) is 3.54. The summed E-state index contributed by atoms with van der Waals surface area (Å²) < 4.78 is 1.93. The predicted molar refractivity (Wildman–Crippen MR) is 80.5 cm³/mol. The van der Waals surface area contributed by atoms with Gasteiger partial charge in [0.1, 0.15) is 5.65 Å². The summed E-state index contributed by atoms with van der Waals surface area (Å²) in [5.41, 5.74) is 1.88. The molecule has 1 N–H and O–H groups in total. The molecular weight excluding hydrogens is 290 g/mol. The van der Waals surface area contributed by atoms with Crippen LogP contribution in [-0.2, 0) is 11.3 Å². The third-order valence-electron chi connectivity index (χ3n) is 3.92. The molecule has 1 aliphatic heterocycles. The molecule has 112 valence electrons. The van der Waals surface area contributed by atoms with Gasteiger partial charge in [-0.15, -0.1) is 0 Å². The first-order valence-corrected chi connectivity index (χ1v) is 7.55. The second kappa shape index (κ2) is 6.03. The van der Waals surface area contributed by atoms with Crippen molar-refractivity contribution in [2.75, 3.05) is 13.1 Å². The summed E-state index contributed by atoms with van der Waals surface area (Å²) in [5.74, 6) is -0.452. The van der Waals surface area contributed by atoms with Gasteiger partial charge in [-0.05, 0) is 37.4 Å². The Labute approximate surface area is 128 Å². The highest BCUT2D eigenvalue weighted by atomic mass is 35.5. The molecule has 21 heavy (non-hydrogen) atoms. The molecule has 0 bridgehead atoms. The predicted octanol–water partition coefficient (Wildman–Crippen LogP) is 2.67. The summed E-state index contributed by atoms with van der Waals surface area (Å²) in [7, 11) is 0. The molecule has 1 atom stereocenters. The van der Waals surface area contributed by atoms with Crippen molar-refractivity contribution in [3.05, 3.63) is 35.2 Å². The average molecular weight is 308 g/mol. The fourth-order valence-electron chi connectivity index (χ4n) is 3.03. The van der Waals surface area contributed by atoms with Crippen molar-refractivity contribution in [1.82, 2.24) is 14.3 Å². The summed E-state index contributed by atoms with van der Waals surface area (Å²) >= 11 is 5.97. The van der Waals surface area contributed by atoms with E-state index in [0.29, 0.717) is 5.02 Å². The Balaban J connectivity index is 1.68. The molecular formula is C15H18ClN3O2. The molecule has 0 aliphatic carbocycles. The number of hydrogen-bond donors (Lipinski definition) is 1. The Kier molecular flexibility index (Phi) is 4.12. The summed E-state index contributed by atoms with van der Waals surface area (Å²) in [5, 5.41) is 9.60. The molecule has 0 aromatic carbocycles. The maximum atomic E-state index is 10.8. The fourth-order valence-corrected chi connectivity index (χ4v) is 3.20. The van der Waals surface area contributed by atoms with Gasteiger partial charge in [0, 0.05) is 31.9 Å². The first-order chi connectivity index (χ1) is 10.1. The Bertz CT molecular complexity index is 655. The molecule has 2 aromatic heterocycles. The molecule has 1 aliphatic rings. The lowest BCUT2D eigenvalue weighted by Gasteiger charge is -2.31. The van der Waals surface area contributed by atoms with Crippen LogP contribution in [0.5, 0.6) is 0 Å². The van der Waals surface area contributed by atoms with Gasteiger partial charge in [0.15, 0.2) is 0 Å². The van der Waals surface area contributed by atoms with Crippen molar-refractivity contribution < 1.29 is 9.90 Å². The number of fused-ring (bicyclic) bond motifs is 1. The van der Waals surface area contributed by atoms with Crippen LogP contribution < -0.4 is 0 Å². The molecule has 3 rings (SSSR count). The number of pyridine rings is 1. The van der Waals surface area contributed by atoms with Gasteiger partial charge in [0.05, 0.1) is 10.7 Å². The molecule has 0 spiro atoms. The number of nitrogens with zero attached hydrogens (tertiary/aromatic N) is 3. The zero-order valence-corrected chi connectivity index (χ0v) is 12.5. The maximum Gasteiger partial charge on any atom is 0.303 e. The molecule has 0 saturated carbocycles. The van der Waals surface area contributed by atoms with Gasteiger partial charge >= 0.3 is 5.97 Å². The number of hydrogen-bond acceptors (Lipinski definition) is 3. The smallest absolute Gasteiger partial charge is 0.303 e. The summed E-state index contributed by atoms with van der Waals surface area (Å²) in [4.78, 5) is 17.7. The Morgan fingerprint density at radius 1 is 1.43 bits per heavy atom. The number of likely N-dealkylation sites (tertiary alicyclic amines) is 1. The summed E-state index contributed by atoms with van der Waals surface area (Å²) in [6, 6.07) is 3.73. The van der Waals surface area contributed by atoms with E-state index in [4.69, 9.17) is 16.7 Å². The van der Waals surface area contributed by atoms with Crippen molar-refractivity contribution in [3.63, 3.8) is 0 Å². The zero-order chi connectivity index (χ0) is 14.8. The normalized spacial score (nSPS) is 20.0. The second-order valence-corrected chi connectivity index (χ2v) is 6.12. The van der Waals surface area contributed by atoms with E-state index in [9.17, 15) is 4.79 Å². The van der Waals surface area contributed by atoms with E-state index in [-0.39, 0.29) is 12.3 Å². The number of halogens is 1. The Hall–Kier alpha value is -1.59. The van der Waals surface area contributed by atoms with Crippen molar-refractivity contribution in [2.24, 2.45) is 5.92 Å². The molecule has 1 unspecified atom stereocenters. The van der Waals surface area contributed by atoms with E-state index in [1.807, 2.05) is 28.9 Å². The van der Waals surface area contributed by atoms with Crippen molar-refractivity contribution in [2.45, 2.75) is 25.8 Å². The van der Waals surface area contributed by atoms with Gasteiger partial charge in [0.25, 0.3) is 0 Å². The first kappa shape index (κ1) is 14.4. The van der Waals surface area contributed by atoms with Crippen molar-refractivity contribution in [1.29, 1.82) is 0 Å². The van der Waals surface area contributed by atoms with Gasteiger partial charge in [0.2, 0.25) is 0 Å². The van der Waals surface area contributed by atoms with E-state index >= 15 is 0 Å². The number of carboxylic acids is 1. The number of aliphatic carboxylic acids is 1. The molecule has 0 amide bonds. The maximum absolute atomic E-state index is 10.8. The van der Waals surface area contributed by atoms with Crippen LogP contribution >= 0.6 is 11.6 Å². The van der Waals surface area contributed by atoms with Crippen LogP contribution in [0.15, 0.2) is 24.5 Å². The number of rotatable bonds is 4. The van der Waals surface area contributed by atoms with Crippen LogP contribution in [0.4, 0.5) is 0 Å². The third-order valence-corrected chi connectivity index (χ3v) is 4.14. The second-order valence-electron chi connectivity index (χ2n) is 5.69. The van der Waals surface area contributed by atoms with Crippen LogP contribution in [0.3, 0.4) is 0 Å². The minimum Gasteiger partial charge on any atom is -0.481 e. The molecule has 1 saturated heterocycles. The lowest BCUT2D eigenvalue weighted by atomic mass is 9.95. The van der Waals surface area contributed by atoms with Crippen LogP contribution in [0.2, 0.25) is 5.02 Å². The summed E-state index contributed by atoms with van der Waals surface area (Å²) in [6.07, 6.45) is 6.15. The van der Waals surface area contributed by atoms with Gasteiger partial charge < -0.3 is 9.51 Å². The van der Waals surface area contributed by atoms with E-state index in [0.717, 1.165) is 43.8 Å². The van der Waals surface area contributed by atoms with Crippen molar-refractivity contribution in [3.8, 4) is 0 Å². The van der Waals surface area contributed by atoms with Crippen LogP contribution in [0, 0.1) is 5.92 Å². The van der Waals surface area contributed by atoms with Crippen LogP contribution in [0.1, 0.15) is 25.0 Å². The van der Waals surface area contributed by atoms with Crippen LogP contribution in [-0.4, -0.2) is 38.4 Å². The number of piperidine rings is 1. The average Bonchev–Trinajstić information content (AvgIpc) is 2.79. The highest BCUT2D eigenvalue weighted by Gasteiger charge is 2.22. The zero-order valence-electron chi connectivity index (χ0n) is 11.7. The quantitative estimate of drug-likeness (QED) is 0.943. The molecule has 5 nitrogen and oxygen atoms in total. The molecule has 6 heteroatoms. The molecule has 3 heterocycles. The lowest BCUT2D eigenvalue weighted by molar-refractivity contribution is -0.138. The highest BCUT2D eigenvalue weighted by molar-refractivity contribution is 6.30. The van der Waals surface area contributed by atoms with E-state index in [1.165, 1.54) is 0 Å². The minimum absolute atomic E-state index is 0.253. The first-order valence-electron chi connectivity index (χ1n) is 7.17. The van der Waals surface area contributed by atoms with E-state index < -0.39 is 5.97 Å². The number of carbonyl (C=O) groups is 1. The SMILES string of the molecule is O=C(O)CC1CCCN(Cc2cn3cc(Cl)ccc3n2)C1. The van der Waals surface area contributed by atoms with Gasteiger partial charge in [-0.25, -0.2) is 4.98 Å². The van der Waals surface area contributed by atoms with E-state index in [1.54, 1.807) is 0 Å². The fraction of sp³-hybridized carbons (Fsp3) is 0.467. The minimum atomic E-state index is -0.704. The largest absolute Gasteiger partial charge is 0.481 e. The standard InChI is InChI=1S/C15H18ClN3O2/c16-12-3-4-14-17-13(10-19(14)8-12)9-18-5-1-2-11(7-18)6-15(20)21/h3-4,8,10-11H,1-2,5-7,9H2,(H,20,21). The van der Waals surface area contributed by atoms with Gasteiger partial charge in [-0.3, -0.25) is 9.69 Å². The Morgan fingerprint density at radius 3 is 3.10 bits per heavy atom. The monoisotopic (exact) mass is 307 g/mol. The molecule has 0 radical (unpaired) electrons. The number of carboxylic acid groups (broad SMARTS) is 1. The number of imidazole rings is 1. The number of aromatic nitrogens is 2. The topological polar surface area (TPSA) is 57.8 Å². The van der Waals surface area contributed by atoms with E-state index in [2.05, 4.69) is 9.88 Å². The highest BCUT2D eigenvalue weighted by Crippen LogP contribution is 2.21. The lowest BCUT2D eigenvalue weighted by Crippen LogP contribution is -2.35. The van der Waals surface area contributed by atoms with Gasteiger partial charge in [-0.2, -0.15) is 0 Å².